The van der Waals surface area contributed by atoms with Gasteiger partial charge in [0.1, 0.15) is 17.2 Å². The summed E-state index contributed by atoms with van der Waals surface area (Å²) < 4.78 is 10.9. The first kappa shape index (κ1) is 17.8. The number of ether oxygens (including phenoxy) is 1. The summed E-state index contributed by atoms with van der Waals surface area (Å²) in [7, 11) is 0. The minimum absolute atomic E-state index is 0.0426. The first-order chi connectivity index (χ1) is 12.1. The zero-order valence-corrected chi connectivity index (χ0v) is 15.0. The Hall–Kier alpha value is -2.04. The van der Waals surface area contributed by atoms with Crippen molar-refractivity contribution < 1.29 is 18.7 Å². The summed E-state index contributed by atoms with van der Waals surface area (Å²) >= 11 is 0. The van der Waals surface area contributed by atoms with Gasteiger partial charge in [0, 0.05) is 18.4 Å². The lowest BCUT2D eigenvalue weighted by Crippen LogP contribution is -2.40. The monoisotopic (exact) mass is 345 g/mol. The number of rotatable bonds is 7. The predicted octanol–water partition coefficient (Wildman–Crippen LogP) is 3.71. The van der Waals surface area contributed by atoms with Crippen LogP contribution in [0.15, 0.2) is 34.1 Å². The average Bonchev–Trinajstić information content (AvgIpc) is 3.23. The number of hydrogen-bond donors (Lipinski definition) is 1. The lowest BCUT2D eigenvalue weighted by atomic mass is 9.75. The molecule has 1 aromatic rings. The minimum atomic E-state index is -0.328. The fraction of sp³-hybridized carbons (Fsp3) is 0.600. The molecule has 5 nitrogen and oxygen atoms in total. The Morgan fingerprint density at radius 3 is 2.92 bits per heavy atom. The van der Waals surface area contributed by atoms with Crippen LogP contribution in [0.1, 0.15) is 64.1 Å². The summed E-state index contributed by atoms with van der Waals surface area (Å²) in [5.41, 5.74) is 1.31. The zero-order valence-electron chi connectivity index (χ0n) is 15.0. The van der Waals surface area contributed by atoms with Crippen LogP contribution >= 0.6 is 0 Å². The van der Waals surface area contributed by atoms with Gasteiger partial charge in [0.15, 0.2) is 0 Å². The highest BCUT2D eigenvalue weighted by Gasteiger charge is 2.45. The summed E-state index contributed by atoms with van der Waals surface area (Å²) in [5, 5.41) is 3.26. The molecule has 1 aromatic heterocycles. The topological polar surface area (TPSA) is 68.5 Å². The SMILES string of the molecule is CCCCCCOC(=O)C1=C(C)C2C(=O)CC(c3ccco3)CC2N1. The highest BCUT2D eigenvalue weighted by atomic mass is 16.5. The van der Waals surface area contributed by atoms with Crippen molar-refractivity contribution in [1.29, 1.82) is 0 Å². The number of unbranched alkanes of at least 4 members (excludes halogenated alkanes) is 3. The van der Waals surface area contributed by atoms with Crippen LogP contribution < -0.4 is 5.32 Å². The molecule has 3 atom stereocenters. The molecule has 136 valence electrons. The predicted molar refractivity (Wildman–Crippen MR) is 93.9 cm³/mol. The fourth-order valence-electron chi connectivity index (χ4n) is 3.99. The van der Waals surface area contributed by atoms with Gasteiger partial charge in [-0.2, -0.15) is 0 Å². The highest BCUT2D eigenvalue weighted by Crippen LogP contribution is 2.41. The fourth-order valence-corrected chi connectivity index (χ4v) is 3.99. The normalized spacial score (nSPS) is 25.7. The minimum Gasteiger partial charge on any atom is -0.469 e. The van der Waals surface area contributed by atoms with Gasteiger partial charge in [0.25, 0.3) is 0 Å². The molecule has 0 bridgehead atoms. The standard InChI is InChI=1S/C20H27NO4/c1-3-4-5-6-9-25-20(23)19-13(2)18-15(21-19)11-14(12-16(18)22)17-8-7-10-24-17/h7-8,10,14-15,18,21H,3-6,9,11-12H2,1-2H3. The van der Waals surface area contributed by atoms with E-state index in [1.165, 1.54) is 0 Å². The smallest absolute Gasteiger partial charge is 0.354 e. The molecule has 1 saturated carbocycles. The lowest BCUT2D eigenvalue weighted by Gasteiger charge is -2.30. The van der Waals surface area contributed by atoms with E-state index in [1.807, 2.05) is 19.1 Å². The average molecular weight is 345 g/mol. The van der Waals surface area contributed by atoms with Crippen molar-refractivity contribution in [2.24, 2.45) is 5.92 Å². The number of esters is 1. The molecule has 1 N–H and O–H groups in total. The molecule has 2 aliphatic rings. The number of hydrogen-bond acceptors (Lipinski definition) is 5. The van der Waals surface area contributed by atoms with E-state index in [2.05, 4.69) is 12.2 Å². The van der Waals surface area contributed by atoms with Crippen molar-refractivity contribution in [3.63, 3.8) is 0 Å². The van der Waals surface area contributed by atoms with Gasteiger partial charge >= 0.3 is 5.97 Å². The third kappa shape index (κ3) is 3.80. The zero-order chi connectivity index (χ0) is 17.8. The van der Waals surface area contributed by atoms with E-state index in [0.717, 1.165) is 43.4 Å². The number of Topliss-reactive ketones (excluding diaryl/α,β-unsaturated/α-hetero) is 1. The van der Waals surface area contributed by atoms with Crippen molar-refractivity contribution >= 4 is 11.8 Å². The Kier molecular flexibility index (Phi) is 5.61. The van der Waals surface area contributed by atoms with Crippen LogP contribution in [-0.2, 0) is 14.3 Å². The van der Waals surface area contributed by atoms with E-state index in [4.69, 9.17) is 9.15 Å². The third-order valence-electron chi connectivity index (χ3n) is 5.31. The van der Waals surface area contributed by atoms with Crippen LogP contribution in [0.3, 0.4) is 0 Å². The number of furan rings is 1. The second kappa shape index (κ2) is 7.89. The van der Waals surface area contributed by atoms with Gasteiger partial charge in [-0.3, -0.25) is 4.79 Å². The van der Waals surface area contributed by atoms with Crippen molar-refractivity contribution in [2.75, 3.05) is 6.61 Å². The molecule has 1 fully saturated rings. The Morgan fingerprint density at radius 2 is 2.20 bits per heavy atom. The van der Waals surface area contributed by atoms with Crippen LogP contribution in [0.5, 0.6) is 0 Å². The Morgan fingerprint density at radius 1 is 1.36 bits per heavy atom. The maximum Gasteiger partial charge on any atom is 0.354 e. The third-order valence-corrected chi connectivity index (χ3v) is 5.31. The molecule has 1 aliphatic carbocycles. The van der Waals surface area contributed by atoms with Gasteiger partial charge in [0.2, 0.25) is 0 Å². The molecule has 0 spiro atoms. The quantitative estimate of drug-likeness (QED) is 0.603. The van der Waals surface area contributed by atoms with Crippen LogP contribution in [0.4, 0.5) is 0 Å². The highest BCUT2D eigenvalue weighted by molar-refractivity contribution is 5.94. The van der Waals surface area contributed by atoms with Gasteiger partial charge in [-0.05, 0) is 37.5 Å². The van der Waals surface area contributed by atoms with Gasteiger partial charge < -0.3 is 14.5 Å². The Balaban J connectivity index is 1.60. The van der Waals surface area contributed by atoms with Gasteiger partial charge in [0.05, 0.1) is 18.8 Å². The summed E-state index contributed by atoms with van der Waals surface area (Å²) in [4.78, 5) is 25.0. The summed E-state index contributed by atoms with van der Waals surface area (Å²) in [6.45, 7) is 4.46. The van der Waals surface area contributed by atoms with Gasteiger partial charge in [-0.1, -0.05) is 26.2 Å². The summed E-state index contributed by atoms with van der Waals surface area (Å²) in [6, 6.07) is 3.72. The van der Waals surface area contributed by atoms with E-state index in [9.17, 15) is 9.59 Å². The molecule has 3 unspecified atom stereocenters. The first-order valence-electron chi connectivity index (χ1n) is 9.32. The molecule has 0 saturated heterocycles. The molecule has 2 heterocycles. The molecule has 5 heteroatoms. The van der Waals surface area contributed by atoms with Gasteiger partial charge in [-0.15, -0.1) is 0 Å². The van der Waals surface area contributed by atoms with Crippen LogP contribution in [0.25, 0.3) is 0 Å². The lowest BCUT2D eigenvalue weighted by molar-refractivity contribution is -0.139. The van der Waals surface area contributed by atoms with E-state index in [0.29, 0.717) is 18.7 Å². The second-order valence-corrected chi connectivity index (χ2v) is 7.10. The van der Waals surface area contributed by atoms with Crippen molar-refractivity contribution in [1.82, 2.24) is 5.32 Å². The Bertz CT molecular complexity index is 647. The van der Waals surface area contributed by atoms with E-state index < -0.39 is 0 Å². The van der Waals surface area contributed by atoms with Crippen molar-refractivity contribution in [3.05, 3.63) is 35.4 Å². The largest absolute Gasteiger partial charge is 0.469 e. The molecule has 25 heavy (non-hydrogen) atoms. The molecule has 3 rings (SSSR count). The number of carbonyl (C=O) groups excluding carboxylic acids is 2. The Labute approximate surface area is 148 Å². The molecule has 0 aromatic carbocycles. The van der Waals surface area contributed by atoms with E-state index in [1.54, 1.807) is 6.26 Å². The molecular formula is C20H27NO4. The van der Waals surface area contributed by atoms with Gasteiger partial charge in [-0.25, -0.2) is 4.79 Å². The molecule has 1 aliphatic heterocycles. The summed E-state index contributed by atoms with van der Waals surface area (Å²) in [6.07, 6.45) is 7.16. The van der Waals surface area contributed by atoms with Crippen LogP contribution in [-0.4, -0.2) is 24.4 Å². The summed E-state index contributed by atoms with van der Waals surface area (Å²) in [5.74, 6) is 0.555. The van der Waals surface area contributed by atoms with E-state index in [-0.39, 0.29) is 29.6 Å². The number of nitrogens with one attached hydrogen (secondary N) is 1. The van der Waals surface area contributed by atoms with Crippen LogP contribution in [0, 0.1) is 5.92 Å². The van der Waals surface area contributed by atoms with Crippen LogP contribution in [0.2, 0.25) is 0 Å². The molecule has 0 amide bonds. The first-order valence-corrected chi connectivity index (χ1v) is 9.32. The molecular weight excluding hydrogens is 318 g/mol. The number of carbonyl (C=O) groups is 2. The second-order valence-electron chi connectivity index (χ2n) is 7.10. The maximum atomic E-state index is 12.6. The van der Waals surface area contributed by atoms with E-state index >= 15 is 0 Å². The maximum absolute atomic E-state index is 12.6. The van der Waals surface area contributed by atoms with Crippen molar-refractivity contribution in [3.8, 4) is 0 Å². The molecule has 0 radical (unpaired) electrons. The number of ketones is 1. The number of fused-ring (bicyclic) bond motifs is 1. The van der Waals surface area contributed by atoms with Crippen molar-refractivity contribution in [2.45, 2.75) is 64.3 Å².